The van der Waals surface area contributed by atoms with Gasteiger partial charge in [-0.3, -0.25) is 10.1 Å². The number of sulfonamides is 1. The Kier molecular flexibility index (Phi) is 4.16. The third kappa shape index (κ3) is 2.75. The molecule has 1 fully saturated rings. The van der Waals surface area contributed by atoms with Crippen LogP contribution in [0.3, 0.4) is 0 Å². The van der Waals surface area contributed by atoms with E-state index < -0.39 is 10.0 Å². The number of H-pyrrole nitrogens is 1. The van der Waals surface area contributed by atoms with Crippen LogP contribution in [0, 0.1) is 6.92 Å². The topological polar surface area (TPSA) is 105 Å². The molecular formula is C18H21N5O2S. The molecule has 0 saturated carbocycles. The molecular weight excluding hydrogens is 350 g/mol. The molecule has 0 unspecified atom stereocenters. The summed E-state index contributed by atoms with van der Waals surface area (Å²) in [5.74, 6) is 0.209. The number of fused-ring (bicyclic) bond motifs is 1. The van der Waals surface area contributed by atoms with Crippen LogP contribution in [0.2, 0.25) is 0 Å². The molecule has 0 aliphatic carbocycles. The van der Waals surface area contributed by atoms with Crippen LogP contribution < -0.4 is 5.73 Å². The number of piperidine rings is 1. The average molecular weight is 371 g/mol. The normalized spacial score (nSPS) is 17.0. The van der Waals surface area contributed by atoms with Crippen molar-refractivity contribution in [3.05, 3.63) is 47.9 Å². The molecule has 0 atom stereocenters. The highest BCUT2D eigenvalue weighted by Gasteiger charge is 2.32. The van der Waals surface area contributed by atoms with Gasteiger partial charge in [0.1, 0.15) is 0 Å². The van der Waals surface area contributed by atoms with Gasteiger partial charge in [0.05, 0.1) is 28.0 Å². The van der Waals surface area contributed by atoms with E-state index in [9.17, 15) is 8.42 Å². The van der Waals surface area contributed by atoms with Crippen molar-refractivity contribution in [2.75, 3.05) is 18.8 Å². The van der Waals surface area contributed by atoms with Crippen LogP contribution >= 0.6 is 0 Å². The number of aryl methyl sites for hydroxylation is 1. The molecule has 2 aromatic heterocycles. The Morgan fingerprint density at radius 3 is 2.69 bits per heavy atom. The summed E-state index contributed by atoms with van der Waals surface area (Å²) in [6.07, 6.45) is 4.72. The highest BCUT2D eigenvalue weighted by molar-refractivity contribution is 7.89. The Balaban J connectivity index is 1.63. The Bertz CT molecular complexity index is 1050. The molecule has 3 heterocycles. The summed E-state index contributed by atoms with van der Waals surface area (Å²) in [7, 11) is -3.57. The maximum atomic E-state index is 13.2. The highest BCUT2D eigenvalue weighted by atomic mass is 32.2. The van der Waals surface area contributed by atoms with Gasteiger partial charge >= 0.3 is 0 Å². The third-order valence-electron chi connectivity index (χ3n) is 5.11. The minimum Gasteiger partial charge on any atom is -0.396 e. The molecule has 1 aromatic carbocycles. The summed E-state index contributed by atoms with van der Waals surface area (Å²) < 4.78 is 28.0. The molecule has 1 aliphatic rings. The molecule has 3 N–H and O–H groups in total. The average Bonchev–Trinajstić information content (AvgIpc) is 3.08. The van der Waals surface area contributed by atoms with Crippen molar-refractivity contribution in [1.29, 1.82) is 0 Å². The van der Waals surface area contributed by atoms with Gasteiger partial charge in [-0.25, -0.2) is 8.42 Å². The lowest BCUT2D eigenvalue weighted by molar-refractivity contribution is 0.317. The van der Waals surface area contributed by atoms with E-state index in [1.807, 2.05) is 19.1 Å². The Morgan fingerprint density at radius 1 is 1.23 bits per heavy atom. The highest BCUT2D eigenvalue weighted by Crippen LogP contribution is 2.33. The smallest absolute Gasteiger partial charge is 0.243 e. The van der Waals surface area contributed by atoms with Crippen LogP contribution in [-0.2, 0) is 10.0 Å². The SMILES string of the molecule is Cc1ccc(S(=O)(=O)N2CCC(c3[nH]ncc3N)CC2)c2cccnc12. The summed E-state index contributed by atoms with van der Waals surface area (Å²) in [6, 6.07) is 7.10. The van der Waals surface area contributed by atoms with Crippen molar-refractivity contribution >= 4 is 26.6 Å². The van der Waals surface area contributed by atoms with Gasteiger partial charge in [-0.1, -0.05) is 6.07 Å². The first-order chi connectivity index (χ1) is 12.5. The number of nitrogens with two attached hydrogens (primary N) is 1. The molecule has 1 aliphatic heterocycles. The summed E-state index contributed by atoms with van der Waals surface area (Å²) in [6.45, 7) is 2.86. The predicted molar refractivity (Wildman–Crippen MR) is 100 cm³/mol. The number of nitrogen functional groups attached to an aromatic ring is 1. The van der Waals surface area contributed by atoms with E-state index in [0.29, 0.717) is 41.9 Å². The van der Waals surface area contributed by atoms with E-state index in [4.69, 9.17) is 5.73 Å². The Labute approximate surface area is 152 Å². The lowest BCUT2D eigenvalue weighted by atomic mass is 9.94. The second-order valence-electron chi connectivity index (χ2n) is 6.70. The van der Waals surface area contributed by atoms with E-state index in [1.165, 1.54) is 0 Å². The standard InChI is InChI=1S/C18H21N5O2S/c1-12-4-5-16(14-3-2-8-20-17(12)14)26(24,25)23-9-6-13(7-10-23)18-15(19)11-21-22-18/h2-5,8,11,13H,6-7,9-10,19H2,1H3,(H,21,22). The number of anilines is 1. The number of hydrogen-bond donors (Lipinski definition) is 2. The van der Waals surface area contributed by atoms with Gasteiger partial charge < -0.3 is 5.73 Å². The van der Waals surface area contributed by atoms with Crippen molar-refractivity contribution in [3.63, 3.8) is 0 Å². The van der Waals surface area contributed by atoms with Crippen LogP contribution in [0.25, 0.3) is 10.9 Å². The molecule has 0 spiro atoms. The summed E-state index contributed by atoms with van der Waals surface area (Å²) in [5, 5.41) is 7.58. The molecule has 26 heavy (non-hydrogen) atoms. The van der Waals surface area contributed by atoms with Gasteiger partial charge in [-0.05, 0) is 43.5 Å². The van der Waals surface area contributed by atoms with E-state index >= 15 is 0 Å². The zero-order valence-electron chi connectivity index (χ0n) is 14.5. The molecule has 8 heteroatoms. The Morgan fingerprint density at radius 2 is 2.00 bits per heavy atom. The largest absolute Gasteiger partial charge is 0.396 e. The van der Waals surface area contributed by atoms with Crippen molar-refractivity contribution < 1.29 is 8.42 Å². The van der Waals surface area contributed by atoms with Gasteiger partial charge in [0.2, 0.25) is 10.0 Å². The zero-order chi connectivity index (χ0) is 18.3. The van der Waals surface area contributed by atoms with Crippen LogP contribution in [0.5, 0.6) is 0 Å². The van der Waals surface area contributed by atoms with Gasteiger partial charge in [-0.2, -0.15) is 9.40 Å². The predicted octanol–water partition coefficient (Wildman–Crippen LogP) is 2.42. The van der Waals surface area contributed by atoms with Crippen molar-refractivity contribution in [3.8, 4) is 0 Å². The number of hydrogen-bond acceptors (Lipinski definition) is 5. The number of rotatable bonds is 3. The fraction of sp³-hybridized carbons (Fsp3) is 0.333. The third-order valence-corrected chi connectivity index (χ3v) is 7.07. The maximum Gasteiger partial charge on any atom is 0.243 e. The number of aromatic nitrogens is 3. The molecule has 0 radical (unpaired) electrons. The second kappa shape index (κ2) is 6.37. The van der Waals surface area contributed by atoms with Gasteiger partial charge in [0.25, 0.3) is 0 Å². The monoisotopic (exact) mass is 371 g/mol. The minimum atomic E-state index is -3.57. The summed E-state index contributed by atoms with van der Waals surface area (Å²) >= 11 is 0. The lowest BCUT2D eigenvalue weighted by Gasteiger charge is -2.31. The first kappa shape index (κ1) is 17.0. The molecule has 4 rings (SSSR count). The fourth-order valence-corrected chi connectivity index (χ4v) is 5.32. The van der Waals surface area contributed by atoms with Gasteiger partial charge in [0.15, 0.2) is 0 Å². The van der Waals surface area contributed by atoms with Crippen molar-refractivity contribution in [2.24, 2.45) is 0 Å². The minimum absolute atomic E-state index is 0.209. The number of nitrogens with one attached hydrogen (secondary N) is 1. The fourth-order valence-electron chi connectivity index (χ4n) is 3.67. The van der Waals surface area contributed by atoms with E-state index in [1.54, 1.807) is 28.8 Å². The quantitative estimate of drug-likeness (QED) is 0.736. The van der Waals surface area contributed by atoms with Crippen LogP contribution in [-0.4, -0.2) is 41.0 Å². The van der Waals surface area contributed by atoms with Crippen LogP contribution in [0.1, 0.15) is 30.0 Å². The number of benzene rings is 1. The van der Waals surface area contributed by atoms with Gasteiger partial charge in [0, 0.05) is 30.6 Å². The first-order valence-corrected chi connectivity index (χ1v) is 10.1. The van der Waals surface area contributed by atoms with Crippen LogP contribution in [0.15, 0.2) is 41.6 Å². The summed E-state index contributed by atoms with van der Waals surface area (Å²) in [5.41, 5.74) is 9.17. The molecule has 3 aromatic rings. The summed E-state index contributed by atoms with van der Waals surface area (Å²) in [4.78, 5) is 4.67. The molecule has 7 nitrogen and oxygen atoms in total. The second-order valence-corrected chi connectivity index (χ2v) is 8.60. The number of nitrogens with zero attached hydrogens (tertiary/aromatic N) is 3. The first-order valence-electron chi connectivity index (χ1n) is 8.61. The number of pyridine rings is 1. The Hall–Kier alpha value is -2.45. The molecule has 1 saturated heterocycles. The molecule has 0 amide bonds. The van der Waals surface area contributed by atoms with Gasteiger partial charge in [-0.15, -0.1) is 0 Å². The number of aromatic amines is 1. The molecule has 136 valence electrons. The van der Waals surface area contributed by atoms with Crippen LogP contribution in [0.4, 0.5) is 5.69 Å². The van der Waals surface area contributed by atoms with Crippen molar-refractivity contribution in [2.45, 2.75) is 30.6 Å². The maximum absolute atomic E-state index is 13.2. The van der Waals surface area contributed by atoms with E-state index in [2.05, 4.69) is 15.2 Å². The van der Waals surface area contributed by atoms with E-state index in [0.717, 1.165) is 16.8 Å². The lowest BCUT2D eigenvalue weighted by Crippen LogP contribution is -2.38. The van der Waals surface area contributed by atoms with Crippen molar-refractivity contribution in [1.82, 2.24) is 19.5 Å². The van der Waals surface area contributed by atoms with E-state index in [-0.39, 0.29) is 5.92 Å². The molecule has 0 bridgehead atoms. The zero-order valence-corrected chi connectivity index (χ0v) is 15.3.